The number of hydrogen-bond acceptors (Lipinski definition) is 4. The van der Waals surface area contributed by atoms with Gasteiger partial charge in [0.1, 0.15) is 17.5 Å². The van der Waals surface area contributed by atoms with Gasteiger partial charge in [-0.15, -0.1) is 0 Å². The van der Waals surface area contributed by atoms with Crippen LogP contribution in [0, 0.1) is 11.6 Å². The van der Waals surface area contributed by atoms with E-state index in [1.807, 2.05) is 0 Å². The molecule has 8 heteroatoms. The average Bonchev–Trinajstić information content (AvgIpc) is 2.66. The highest BCUT2D eigenvalue weighted by molar-refractivity contribution is 6.00. The number of hydrogen-bond donors (Lipinski definition) is 2. The molecule has 0 aliphatic rings. The van der Waals surface area contributed by atoms with E-state index in [1.54, 1.807) is 12.1 Å². The van der Waals surface area contributed by atoms with Crippen LogP contribution in [0.2, 0.25) is 0 Å². The lowest BCUT2D eigenvalue weighted by Crippen LogP contribution is -2.39. The van der Waals surface area contributed by atoms with Crippen molar-refractivity contribution in [2.24, 2.45) is 0 Å². The lowest BCUT2D eigenvalue weighted by atomic mass is 10.0. The van der Waals surface area contributed by atoms with Crippen LogP contribution in [0.5, 0.6) is 11.5 Å². The molecule has 2 amide bonds. The summed E-state index contributed by atoms with van der Waals surface area (Å²) in [6, 6.07) is 6.35. The molecule has 2 aromatic carbocycles. The summed E-state index contributed by atoms with van der Waals surface area (Å²) in [6.45, 7) is 0. The molecule has 1 atom stereocenters. The third kappa shape index (κ3) is 4.08. The predicted octanol–water partition coefficient (Wildman–Crippen LogP) is 2.20. The van der Waals surface area contributed by atoms with Gasteiger partial charge in [0.2, 0.25) is 5.91 Å². The van der Waals surface area contributed by atoms with Crippen molar-refractivity contribution in [3.63, 3.8) is 0 Å². The quantitative estimate of drug-likeness (QED) is 0.824. The molecule has 26 heavy (non-hydrogen) atoms. The van der Waals surface area contributed by atoms with Crippen LogP contribution in [-0.4, -0.2) is 33.1 Å². The molecule has 0 spiro atoms. The fraction of sp³-hybridized carbons (Fsp3) is 0.222. The Kier molecular flexibility index (Phi) is 6.11. The summed E-state index contributed by atoms with van der Waals surface area (Å²) in [4.78, 5) is 24.8. The molecule has 0 aliphatic carbocycles. The number of methoxy groups -OCH3 is 2. The highest BCUT2D eigenvalue weighted by atomic mass is 19.2. The number of rotatable bonds is 6. The number of carbonyl (C=O) groups is 2. The molecule has 0 aliphatic heterocycles. The second kappa shape index (κ2) is 8.28. The lowest BCUT2D eigenvalue weighted by molar-refractivity contribution is -0.122. The minimum Gasteiger partial charge on any atom is -0.497 e. The molecule has 0 bridgehead atoms. The van der Waals surface area contributed by atoms with Gasteiger partial charge in [0.15, 0.2) is 11.6 Å². The van der Waals surface area contributed by atoms with Crippen LogP contribution in [0.1, 0.15) is 22.0 Å². The third-order valence-corrected chi connectivity index (χ3v) is 3.71. The maximum atomic E-state index is 13.5. The molecule has 138 valence electrons. The van der Waals surface area contributed by atoms with Crippen molar-refractivity contribution in [1.29, 1.82) is 0 Å². The SMILES string of the molecule is CNC(=O)C(NC(=O)c1cc(OC)ccc1OC)c1ccc(F)c(F)c1. The summed E-state index contributed by atoms with van der Waals surface area (Å²) in [5.41, 5.74) is 0.224. The first kappa shape index (κ1) is 19.2. The van der Waals surface area contributed by atoms with Crippen LogP contribution >= 0.6 is 0 Å². The first-order chi connectivity index (χ1) is 12.4. The molecule has 2 rings (SSSR count). The largest absolute Gasteiger partial charge is 0.497 e. The summed E-state index contributed by atoms with van der Waals surface area (Å²) >= 11 is 0. The van der Waals surface area contributed by atoms with Gasteiger partial charge in [0.05, 0.1) is 19.8 Å². The van der Waals surface area contributed by atoms with Gasteiger partial charge in [-0.05, 0) is 35.9 Å². The molecular weight excluding hydrogens is 346 g/mol. The van der Waals surface area contributed by atoms with E-state index in [0.717, 1.165) is 12.1 Å². The number of ether oxygens (including phenoxy) is 2. The van der Waals surface area contributed by atoms with E-state index in [4.69, 9.17) is 9.47 Å². The van der Waals surface area contributed by atoms with Gasteiger partial charge in [0, 0.05) is 7.05 Å². The predicted molar refractivity (Wildman–Crippen MR) is 90.2 cm³/mol. The lowest BCUT2D eigenvalue weighted by Gasteiger charge is -2.19. The summed E-state index contributed by atoms with van der Waals surface area (Å²) in [5, 5.41) is 4.88. The molecule has 0 radical (unpaired) electrons. The van der Waals surface area contributed by atoms with E-state index in [9.17, 15) is 18.4 Å². The Hall–Kier alpha value is -3.16. The normalized spacial score (nSPS) is 11.4. The summed E-state index contributed by atoms with van der Waals surface area (Å²) in [5.74, 6) is -2.72. The first-order valence-electron chi connectivity index (χ1n) is 7.60. The van der Waals surface area contributed by atoms with E-state index in [0.29, 0.717) is 5.75 Å². The fourth-order valence-corrected chi connectivity index (χ4v) is 2.34. The molecule has 0 heterocycles. The van der Waals surface area contributed by atoms with Crippen molar-refractivity contribution in [3.05, 3.63) is 59.2 Å². The smallest absolute Gasteiger partial charge is 0.256 e. The van der Waals surface area contributed by atoms with Crippen molar-refractivity contribution >= 4 is 11.8 Å². The van der Waals surface area contributed by atoms with Crippen LogP contribution in [0.3, 0.4) is 0 Å². The van der Waals surface area contributed by atoms with Crippen molar-refractivity contribution in [1.82, 2.24) is 10.6 Å². The summed E-state index contributed by atoms with van der Waals surface area (Å²) in [6.07, 6.45) is 0. The maximum Gasteiger partial charge on any atom is 0.256 e. The second-order valence-electron chi connectivity index (χ2n) is 5.26. The molecule has 0 saturated heterocycles. The zero-order valence-electron chi connectivity index (χ0n) is 14.4. The second-order valence-corrected chi connectivity index (χ2v) is 5.26. The van der Waals surface area contributed by atoms with Crippen LogP contribution in [0.4, 0.5) is 8.78 Å². The van der Waals surface area contributed by atoms with Crippen LogP contribution in [0.25, 0.3) is 0 Å². The van der Waals surface area contributed by atoms with E-state index in [1.165, 1.54) is 33.4 Å². The molecule has 6 nitrogen and oxygen atoms in total. The first-order valence-corrected chi connectivity index (χ1v) is 7.60. The van der Waals surface area contributed by atoms with E-state index < -0.39 is 29.5 Å². The molecule has 0 aromatic heterocycles. The van der Waals surface area contributed by atoms with Gasteiger partial charge < -0.3 is 20.1 Å². The number of nitrogens with one attached hydrogen (secondary N) is 2. The fourth-order valence-electron chi connectivity index (χ4n) is 2.34. The van der Waals surface area contributed by atoms with E-state index >= 15 is 0 Å². The molecule has 2 aromatic rings. The highest BCUT2D eigenvalue weighted by Gasteiger charge is 2.25. The van der Waals surface area contributed by atoms with Gasteiger partial charge >= 0.3 is 0 Å². The molecular formula is C18H18F2N2O4. The number of amides is 2. The minimum atomic E-state index is -1.22. The third-order valence-electron chi connectivity index (χ3n) is 3.71. The van der Waals surface area contributed by atoms with Crippen molar-refractivity contribution in [2.75, 3.05) is 21.3 Å². The Labute approximate surface area is 149 Å². The molecule has 0 saturated carbocycles. The number of likely N-dealkylation sites (N-methyl/N-ethyl adjacent to an activating group) is 1. The summed E-state index contributed by atoms with van der Waals surface area (Å²) in [7, 11) is 4.20. The highest BCUT2D eigenvalue weighted by Crippen LogP contribution is 2.25. The topological polar surface area (TPSA) is 76.7 Å². The molecule has 2 N–H and O–H groups in total. The Bertz CT molecular complexity index is 827. The zero-order valence-corrected chi connectivity index (χ0v) is 14.4. The Balaban J connectivity index is 2.38. The zero-order chi connectivity index (χ0) is 19.3. The Morgan fingerprint density at radius 2 is 1.73 bits per heavy atom. The van der Waals surface area contributed by atoms with Crippen molar-refractivity contribution in [2.45, 2.75) is 6.04 Å². The van der Waals surface area contributed by atoms with Crippen LogP contribution < -0.4 is 20.1 Å². The standard InChI is InChI=1S/C18H18F2N2O4/c1-21-18(24)16(10-4-6-13(19)14(20)8-10)22-17(23)12-9-11(25-2)5-7-15(12)26-3/h4-9,16H,1-3H3,(H,21,24)(H,22,23). The Morgan fingerprint density at radius 1 is 1.00 bits per heavy atom. The van der Waals surface area contributed by atoms with Gasteiger partial charge in [-0.2, -0.15) is 0 Å². The van der Waals surface area contributed by atoms with Gasteiger partial charge in [-0.3, -0.25) is 9.59 Å². The van der Waals surface area contributed by atoms with Gasteiger partial charge in [-0.1, -0.05) is 6.07 Å². The number of benzene rings is 2. The van der Waals surface area contributed by atoms with Crippen molar-refractivity contribution < 1.29 is 27.8 Å². The number of halogens is 2. The van der Waals surface area contributed by atoms with Gasteiger partial charge in [-0.25, -0.2) is 8.78 Å². The van der Waals surface area contributed by atoms with Crippen LogP contribution in [-0.2, 0) is 4.79 Å². The van der Waals surface area contributed by atoms with E-state index in [2.05, 4.69) is 10.6 Å². The van der Waals surface area contributed by atoms with E-state index in [-0.39, 0.29) is 16.9 Å². The average molecular weight is 364 g/mol. The van der Waals surface area contributed by atoms with Crippen molar-refractivity contribution in [3.8, 4) is 11.5 Å². The molecule has 1 unspecified atom stereocenters. The molecule has 0 fully saturated rings. The maximum absolute atomic E-state index is 13.5. The van der Waals surface area contributed by atoms with Crippen LogP contribution in [0.15, 0.2) is 36.4 Å². The monoisotopic (exact) mass is 364 g/mol. The summed E-state index contributed by atoms with van der Waals surface area (Å²) < 4.78 is 36.9. The minimum absolute atomic E-state index is 0.0958. The Morgan fingerprint density at radius 3 is 2.31 bits per heavy atom. The van der Waals surface area contributed by atoms with Gasteiger partial charge in [0.25, 0.3) is 5.91 Å². The number of carbonyl (C=O) groups excluding carboxylic acids is 2.